The summed E-state index contributed by atoms with van der Waals surface area (Å²) in [5.74, 6) is -0.616. The van der Waals surface area contributed by atoms with Crippen LogP contribution in [0.5, 0.6) is 0 Å². The van der Waals surface area contributed by atoms with Gasteiger partial charge in [-0.15, -0.1) is 0 Å². The average Bonchev–Trinajstić information content (AvgIpc) is 2.70. The number of nitrogens with zero attached hydrogens (tertiary/aromatic N) is 2. The summed E-state index contributed by atoms with van der Waals surface area (Å²) < 4.78 is 41.9. The van der Waals surface area contributed by atoms with Crippen LogP contribution in [-0.4, -0.2) is 18.2 Å². The Kier molecular flexibility index (Phi) is 4.35. The largest absolute Gasteiger partial charge is 0.398 e. The lowest BCUT2D eigenvalue weighted by atomic mass is 10.3. The number of hydrogen-bond acceptors (Lipinski definition) is 4. The molecule has 114 valence electrons. The number of anilines is 1. The summed E-state index contributed by atoms with van der Waals surface area (Å²) in [6.45, 7) is 1.86. The van der Waals surface area contributed by atoms with Crippen LogP contribution in [0.25, 0.3) is 0 Å². The van der Waals surface area contributed by atoms with Crippen LogP contribution >= 0.6 is 15.9 Å². The fourth-order valence-corrected chi connectivity index (χ4v) is 3.49. The van der Waals surface area contributed by atoms with Gasteiger partial charge in [-0.05, 0) is 35.0 Å². The Bertz CT molecular complexity index is 789. The van der Waals surface area contributed by atoms with Crippen molar-refractivity contribution in [3.05, 3.63) is 39.9 Å². The number of aromatic nitrogens is 2. The van der Waals surface area contributed by atoms with Crippen molar-refractivity contribution in [3.8, 4) is 0 Å². The van der Waals surface area contributed by atoms with E-state index in [1.165, 1.54) is 0 Å². The maximum Gasteiger partial charge on any atom is 0.242 e. The Balaban J connectivity index is 2.27. The van der Waals surface area contributed by atoms with Gasteiger partial charge >= 0.3 is 0 Å². The average molecular weight is 377 g/mol. The Morgan fingerprint density at radius 1 is 1.48 bits per heavy atom. The number of rotatable bonds is 4. The molecule has 3 N–H and O–H groups in total. The van der Waals surface area contributed by atoms with Crippen molar-refractivity contribution in [1.29, 1.82) is 0 Å². The second-order valence-electron chi connectivity index (χ2n) is 4.54. The van der Waals surface area contributed by atoms with Crippen LogP contribution in [0.1, 0.15) is 11.3 Å². The third-order valence-electron chi connectivity index (χ3n) is 2.91. The van der Waals surface area contributed by atoms with E-state index in [1.54, 1.807) is 24.9 Å². The zero-order valence-corrected chi connectivity index (χ0v) is 13.8. The van der Waals surface area contributed by atoms with Gasteiger partial charge in [0, 0.05) is 25.4 Å². The minimum atomic E-state index is -3.84. The number of halogens is 2. The van der Waals surface area contributed by atoms with Crippen LogP contribution in [0.2, 0.25) is 0 Å². The normalized spacial score (nSPS) is 11.8. The van der Waals surface area contributed by atoms with Gasteiger partial charge in [0.2, 0.25) is 10.0 Å². The van der Waals surface area contributed by atoms with Crippen LogP contribution in [0, 0.1) is 12.7 Å². The molecular formula is C12H14BrFN4O2S. The predicted molar refractivity (Wildman–Crippen MR) is 80.5 cm³/mol. The van der Waals surface area contributed by atoms with Crippen LogP contribution < -0.4 is 10.5 Å². The Labute approximate surface area is 130 Å². The summed E-state index contributed by atoms with van der Waals surface area (Å²) in [7, 11) is -2.09. The lowest BCUT2D eigenvalue weighted by Crippen LogP contribution is -2.24. The van der Waals surface area contributed by atoms with E-state index in [-0.39, 0.29) is 21.6 Å². The lowest BCUT2D eigenvalue weighted by Gasteiger charge is -2.09. The first-order chi connectivity index (χ1) is 9.70. The van der Waals surface area contributed by atoms with Crippen molar-refractivity contribution in [2.45, 2.75) is 18.4 Å². The van der Waals surface area contributed by atoms with E-state index in [1.807, 2.05) is 0 Å². The molecule has 2 aromatic rings. The molecule has 2 rings (SSSR count). The van der Waals surface area contributed by atoms with Gasteiger partial charge in [-0.25, -0.2) is 17.5 Å². The molecule has 1 aromatic heterocycles. The van der Waals surface area contributed by atoms with Crippen molar-refractivity contribution in [1.82, 2.24) is 14.5 Å². The van der Waals surface area contributed by atoms with Crippen LogP contribution in [0.15, 0.2) is 27.7 Å². The molecule has 0 unspecified atom stereocenters. The van der Waals surface area contributed by atoms with Crippen molar-refractivity contribution >= 4 is 31.6 Å². The third-order valence-corrected chi connectivity index (χ3v) is 4.97. The highest BCUT2D eigenvalue weighted by atomic mass is 79.9. The van der Waals surface area contributed by atoms with Crippen LogP contribution in [0.3, 0.4) is 0 Å². The zero-order chi connectivity index (χ0) is 15.8. The summed E-state index contributed by atoms with van der Waals surface area (Å²) >= 11 is 2.95. The van der Waals surface area contributed by atoms with E-state index in [2.05, 4.69) is 25.8 Å². The smallest absolute Gasteiger partial charge is 0.242 e. The minimum absolute atomic E-state index is 0.0367. The molecule has 0 aliphatic carbocycles. The van der Waals surface area contributed by atoms with E-state index in [0.29, 0.717) is 0 Å². The zero-order valence-electron chi connectivity index (χ0n) is 11.4. The fourth-order valence-electron chi connectivity index (χ4n) is 1.85. The summed E-state index contributed by atoms with van der Waals surface area (Å²) in [6, 6.07) is 2.11. The van der Waals surface area contributed by atoms with Crippen molar-refractivity contribution in [3.63, 3.8) is 0 Å². The highest BCUT2D eigenvalue weighted by Gasteiger charge is 2.20. The highest BCUT2D eigenvalue weighted by Crippen LogP contribution is 2.26. The number of nitrogen functional groups attached to an aromatic ring is 1. The summed E-state index contributed by atoms with van der Waals surface area (Å²) in [4.78, 5) is -0.169. The second-order valence-corrected chi connectivity index (χ2v) is 7.13. The summed E-state index contributed by atoms with van der Waals surface area (Å²) in [5, 5.41) is 4.13. The molecule has 0 fully saturated rings. The number of nitrogens with two attached hydrogens (primary N) is 1. The quantitative estimate of drug-likeness (QED) is 0.794. The van der Waals surface area contributed by atoms with E-state index in [4.69, 9.17) is 5.73 Å². The first-order valence-electron chi connectivity index (χ1n) is 5.94. The monoisotopic (exact) mass is 376 g/mol. The molecule has 1 aromatic carbocycles. The maximum absolute atomic E-state index is 13.3. The van der Waals surface area contributed by atoms with E-state index >= 15 is 0 Å². The molecule has 0 bridgehead atoms. The Morgan fingerprint density at radius 2 is 2.14 bits per heavy atom. The molecule has 6 nitrogen and oxygen atoms in total. The van der Waals surface area contributed by atoms with Gasteiger partial charge in [0.15, 0.2) is 0 Å². The summed E-state index contributed by atoms with van der Waals surface area (Å²) in [6.07, 6.45) is 1.72. The van der Waals surface area contributed by atoms with Crippen LogP contribution in [-0.2, 0) is 23.6 Å². The molecule has 0 amide bonds. The summed E-state index contributed by atoms with van der Waals surface area (Å²) in [5.41, 5.74) is 6.92. The number of hydrogen-bond donors (Lipinski definition) is 2. The number of nitrogens with one attached hydrogen (secondary N) is 1. The topological polar surface area (TPSA) is 90.0 Å². The SMILES string of the molecule is Cc1nn(C)cc1CNS(=O)(=O)c1cc(Br)c(F)cc1N. The first-order valence-corrected chi connectivity index (χ1v) is 8.21. The van der Waals surface area contributed by atoms with Crippen molar-refractivity contribution in [2.24, 2.45) is 7.05 Å². The highest BCUT2D eigenvalue weighted by molar-refractivity contribution is 9.10. The number of aryl methyl sites for hydroxylation is 2. The molecule has 0 aliphatic heterocycles. The number of benzene rings is 1. The first kappa shape index (κ1) is 15.9. The van der Waals surface area contributed by atoms with Crippen LogP contribution in [0.4, 0.5) is 10.1 Å². The van der Waals surface area contributed by atoms with E-state index in [0.717, 1.165) is 23.4 Å². The molecule has 0 saturated heterocycles. The predicted octanol–water partition coefficient (Wildman–Crippen LogP) is 1.69. The molecule has 1 heterocycles. The lowest BCUT2D eigenvalue weighted by molar-refractivity contribution is 0.580. The molecule has 0 radical (unpaired) electrons. The number of sulfonamides is 1. The third kappa shape index (κ3) is 3.42. The van der Waals surface area contributed by atoms with Gasteiger partial charge in [-0.1, -0.05) is 0 Å². The standard InChI is InChI=1S/C12H14BrFN4O2S/c1-7-8(6-18(2)17-7)5-16-21(19,20)12-3-9(13)10(14)4-11(12)15/h3-4,6,16H,5,15H2,1-2H3. The Hall–Kier alpha value is -1.45. The van der Waals surface area contributed by atoms with Crippen molar-refractivity contribution < 1.29 is 12.8 Å². The van der Waals surface area contributed by atoms with Gasteiger partial charge in [-0.3, -0.25) is 4.68 Å². The van der Waals surface area contributed by atoms with Gasteiger partial charge in [0.05, 0.1) is 15.9 Å². The molecule has 0 aliphatic rings. The molecule has 0 spiro atoms. The maximum atomic E-state index is 13.3. The molecular weight excluding hydrogens is 363 g/mol. The van der Waals surface area contributed by atoms with E-state index < -0.39 is 15.8 Å². The molecule has 21 heavy (non-hydrogen) atoms. The molecule has 0 saturated carbocycles. The fraction of sp³-hybridized carbons (Fsp3) is 0.250. The molecule has 0 atom stereocenters. The van der Waals surface area contributed by atoms with Crippen molar-refractivity contribution in [2.75, 3.05) is 5.73 Å². The van der Waals surface area contributed by atoms with Gasteiger partial charge in [-0.2, -0.15) is 5.10 Å². The second kappa shape index (κ2) is 5.74. The molecule has 9 heteroatoms. The minimum Gasteiger partial charge on any atom is -0.398 e. The van der Waals surface area contributed by atoms with Gasteiger partial charge < -0.3 is 5.73 Å². The van der Waals surface area contributed by atoms with Gasteiger partial charge in [0.1, 0.15) is 10.7 Å². The Morgan fingerprint density at radius 3 is 2.71 bits per heavy atom. The van der Waals surface area contributed by atoms with Gasteiger partial charge in [0.25, 0.3) is 0 Å². The van der Waals surface area contributed by atoms with E-state index in [9.17, 15) is 12.8 Å².